The first-order valence-electron chi connectivity index (χ1n) is 6.83. The van der Waals surface area contributed by atoms with Gasteiger partial charge in [0.2, 0.25) is 0 Å². The highest BCUT2D eigenvalue weighted by Gasteiger charge is 2.67. The zero-order valence-electron chi connectivity index (χ0n) is 12.9. The second kappa shape index (κ2) is 4.86. The highest BCUT2D eigenvalue weighted by molar-refractivity contribution is 5.91. The Morgan fingerprint density at radius 3 is 1.86 bits per heavy atom. The molecule has 0 saturated heterocycles. The third kappa shape index (κ3) is 1.81. The molecule has 0 saturated carbocycles. The first-order valence-corrected chi connectivity index (χ1v) is 6.83. The van der Waals surface area contributed by atoms with E-state index in [1.807, 2.05) is 0 Å². The van der Waals surface area contributed by atoms with E-state index in [4.69, 9.17) is 0 Å². The van der Waals surface area contributed by atoms with Crippen molar-refractivity contribution in [3.63, 3.8) is 0 Å². The lowest BCUT2D eigenvalue weighted by Crippen LogP contribution is -2.61. The SMILES string of the molecule is CCC1(C(=O)O)C(C)=CC(C)(C(=O)O)C(C)(C(=O)O)C1C. The van der Waals surface area contributed by atoms with Gasteiger partial charge in [0.15, 0.2) is 0 Å². The molecule has 6 nitrogen and oxygen atoms in total. The Balaban J connectivity index is 3.83. The van der Waals surface area contributed by atoms with E-state index >= 15 is 0 Å². The van der Waals surface area contributed by atoms with E-state index in [1.54, 1.807) is 13.8 Å². The number of hydrogen-bond donors (Lipinski definition) is 3. The van der Waals surface area contributed by atoms with Gasteiger partial charge in [-0.1, -0.05) is 25.5 Å². The van der Waals surface area contributed by atoms with Crippen molar-refractivity contribution in [2.24, 2.45) is 22.2 Å². The molecule has 3 N–H and O–H groups in total. The topological polar surface area (TPSA) is 112 Å². The summed E-state index contributed by atoms with van der Waals surface area (Å²) in [6.07, 6.45) is 1.51. The first kappa shape index (κ1) is 17.2. The molecule has 0 aromatic heterocycles. The van der Waals surface area contributed by atoms with Crippen LogP contribution < -0.4 is 0 Å². The summed E-state index contributed by atoms with van der Waals surface area (Å²) in [6, 6.07) is 0. The fraction of sp³-hybridized carbons (Fsp3) is 0.667. The minimum Gasteiger partial charge on any atom is -0.481 e. The summed E-state index contributed by atoms with van der Waals surface area (Å²) in [7, 11) is 0. The van der Waals surface area contributed by atoms with Gasteiger partial charge in [-0.3, -0.25) is 14.4 Å². The van der Waals surface area contributed by atoms with Crippen molar-refractivity contribution < 1.29 is 29.7 Å². The van der Waals surface area contributed by atoms with Crippen molar-refractivity contribution >= 4 is 17.9 Å². The monoisotopic (exact) mass is 298 g/mol. The number of aliphatic carboxylic acids is 3. The molecule has 0 amide bonds. The van der Waals surface area contributed by atoms with Crippen LogP contribution in [-0.2, 0) is 14.4 Å². The van der Waals surface area contributed by atoms with Crippen LogP contribution in [0.4, 0.5) is 0 Å². The maximum Gasteiger partial charge on any atom is 0.314 e. The minimum absolute atomic E-state index is 0.199. The highest BCUT2D eigenvalue weighted by atomic mass is 16.4. The van der Waals surface area contributed by atoms with Crippen molar-refractivity contribution in [1.82, 2.24) is 0 Å². The second-order valence-corrected chi connectivity index (χ2v) is 6.19. The molecule has 6 heteroatoms. The number of carboxylic acid groups (broad SMARTS) is 3. The molecular weight excluding hydrogens is 276 g/mol. The maximum absolute atomic E-state index is 11.9. The van der Waals surface area contributed by atoms with Crippen molar-refractivity contribution in [3.05, 3.63) is 11.6 Å². The molecule has 0 aromatic rings. The average Bonchev–Trinajstić information content (AvgIpc) is 2.36. The molecule has 0 radical (unpaired) electrons. The van der Waals surface area contributed by atoms with Crippen LogP contribution in [0.2, 0.25) is 0 Å². The smallest absolute Gasteiger partial charge is 0.314 e. The van der Waals surface area contributed by atoms with Gasteiger partial charge in [-0.15, -0.1) is 0 Å². The lowest BCUT2D eigenvalue weighted by molar-refractivity contribution is -0.182. The molecule has 0 bridgehead atoms. The number of carboxylic acids is 3. The van der Waals surface area contributed by atoms with E-state index in [1.165, 1.54) is 26.8 Å². The zero-order chi connectivity index (χ0) is 16.8. The van der Waals surface area contributed by atoms with Crippen LogP contribution in [0.3, 0.4) is 0 Å². The van der Waals surface area contributed by atoms with Gasteiger partial charge in [0, 0.05) is 0 Å². The Labute approximate surface area is 123 Å². The van der Waals surface area contributed by atoms with Crippen molar-refractivity contribution in [2.45, 2.75) is 41.0 Å². The van der Waals surface area contributed by atoms with E-state index in [0.29, 0.717) is 5.57 Å². The number of rotatable bonds is 4. The molecule has 1 rings (SSSR count). The van der Waals surface area contributed by atoms with Gasteiger partial charge in [0.25, 0.3) is 0 Å². The normalized spacial score (nSPS) is 39.5. The molecule has 0 aliphatic heterocycles. The summed E-state index contributed by atoms with van der Waals surface area (Å²) < 4.78 is 0. The van der Waals surface area contributed by atoms with Gasteiger partial charge in [-0.25, -0.2) is 0 Å². The van der Waals surface area contributed by atoms with Gasteiger partial charge in [0.05, 0.1) is 16.2 Å². The van der Waals surface area contributed by atoms with Crippen LogP contribution in [0.5, 0.6) is 0 Å². The van der Waals surface area contributed by atoms with Crippen LogP contribution >= 0.6 is 0 Å². The highest BCUT2D eigenvalue weighted by Crippen LogP contribution is 2.60. The van der Waals surface area contributed by atoms with Crippen LogP contribution in [-0.4, -0.2) is 33.2 Å². The fourth-order valence-electron chi connectivity index (χ4n) is 3.78. The van der Waals surface area contributed by atoms with E-state index in [0.717, 1.165) is 0 Å². The molecule has 118 valence electrons. The lowest BCUT2D eigenvalue weighted by Gasteiger charge is -2.53. The molecule has 1 aliphatic rings. The van der Waals surface area contributed by atoms with E-state index < -0.39 is 40.1 Å². The standard InChI is InChI=1S/C15H22O6/c1-6-15(12(20)21)8(2)7-13(4,10(16)17)14(5,9(15)3)11(18)19/h7,9H,6H2,1-5H3,(H,16,17)(H,18,19)(H,20,21). The minimum atomic E-state index is -1.73. The predicted molar refractivity (Wildman–Crippen MR) is 74.8 cm³/mol. The van der Waals surface area contributed by atoms with E-state index in [-0.39, 0.29) is 6.42 Å². The Kier molecular flexibility index (Phi) is 3.98. The van der Waals surface area contributed by atoms with Crippen LogP contribution in [0.1, 0.15) is 41.0 Å². The Morgan fingerprint density at radius 2 is 1.57 bits per heavy atom. The third-order valence-electron chi connectivity index (χ3n) is 5.72. The van der Waals surface area contributed by atoms with Crippen molar-refractivity contribution in [1.29, 1.82) is 0 Å². The summed E-state index contributed by atoms with van der Waals surface area (Å²) in [6.45, 7) is 7.42. The molecule has 0 aromatic carbocycles. The van der Waals surface area contributed by atoms with Gasteiger partial charge in [-0.05, 0) is 33.1 Å². The molecule has 0 heterocycles. The molecule has 1 aliphatic carbocycles. The number of hydrogen-bond acceptors (Lipinski definition) is 3. The quantitative estimate of drug-likeness (QED) is 0.686. The summed E-state index contributed by atoms with van der Waals surface area (Å²) in [4.78, 5) is 35.4. The van der Waals surface area contributed by atoms with Crippen molar-refractivity contribution in [3.8, 4) is 0 Å². The molecule has 21 heavy (non-hydrogen) atoms. The Hall–Kier alpha value is -1.85. The van der Waals surface area contributed by atoms with Gasteiger partial charge < -0.3 is 15.3 Å². The van der Waals surface area contributed by atoms with Crippen molar-refractivity contribution in [2.75, 3.05) is 0 Å². The largest absolute Gasteiger partial charge is 0.481 e. The maximum atomic E-state index is 11.9. The summed E-state index contributed by atoms with van der Waals surface area (Å²) >= 11 is 0. The zero-order valence-corrected chi connectivity index (χ0v) is 12.9. The molecule has 0 spiro atoms. The van der Waals surface area contributed by atoms with Crippen LogP contribution in [0.25, 0.3) is 0 Å². The van der Waals surface area contributed by atoms with Crippen LogP contribution in [0.15, 0.2) is 11.6 Å². The molecule has 4 atom stereocenters. The molecule has 4 unspecified atom stereocenters. The van der Waals surface area contributed by atoms with Gasteiger partial charge >= 0.3 is 17.9 Å². The summed E-state index contributed by atoms with van der Waals surface area (Å²) in [5, 5.41) is 28.9. The molecular formula is C15H22O6. The van der Waals surface area contributed by atoms with E-state index in [9.17, 15) is 29.7 Å². The Bertz CT molecular complexity index is 536. The van der Waals surface area contributed by atoms with Gasteiger partial charge in [-0.2, -0.15) is 0 Å². The fourth-order valence-corrected chi connectivity index (χ4v) is 3.78. The third-order valence-corrected chi connectivity index (χ3v) is 5.72. The molecule has 0 fully saturated rings. The van der Waals surface area contributed by atoms with Crippen LogP contribution in [0, 0.1) is 22.2 Å². The second-order valence-electron chi connectivity index (χ2n) is 6.19. The summed E-state index contributed by atoms with van der Waals surface area (Å²) in [5.74, 6) is -4.57. The predicted octanol–water partition coefficient (Wildman–Crippen LogP) is 2.25. The average molecular weight is 298 g/mol. The van der Waals surface area contributed by atoms with Gasteiger partial charge in [0.1, 0.15) is 0 Å². The lowest BCUT2D eigenvalue weighted by atomic mass is 9.46. The Morgan fingerprint density at radius 1 is 1.10 bits per heavy atom. The number of carbonyl (C=O) groups is 3. The van der Waals surface area contributed by atoms with E-state index in [2.05, 4.69) is 0 Å². The first-order chi connectivity index (χ1) is 9.42. The summed E-state index contributed by atoms with van der Waals surface area (Å²) in [5.41, 5.74) is -4.38.